The Labute approximate surface area is 162 Å². The van der Waals surface area contributed by atoms with Gasteiger partial charge in [0.25, 0.3) is 0 Å². The summed E-state index contributed by atoms with van der Waals surface area (Å²) >= 11 is 0. The van der Waals surface area contributed by atoms with Gasteiger partial charge in [-0.2, -0.15) is 0 Å². The van der Waals surface area contributed by atoms with E-state index in [2.05, 4.69) is 15.2 Å². The molecule has 148 valence electrons. The molecule has 27 heavy (non-hydrogen) atoms. The van der Waals surface area contributed by atoms with Gasteiger partial charge in [-0.25, -0.2) is 4.39 Å². The molecule has 3 fully saturated rings. The molecule has 2 heterocycles. The zero-order valence-electron chi connectivity index (χ0n) is 16.5. The van der Waals surface area contributed by atoms with E-state index in [0.717, 1.165) is 51.6 Å². The minimum Gasteiger partial charge on any atom is -0.381 e. The van der Waals surface area contributed by atoms with Gasteiger partial charge in [-0.05, 0) is 55.2 Å². The largest absolute Gasteiger partial charge is 0.381 e. The molecule has 1 aliphatic carbocycles. The van der Waals surface area contributed by atoms with E-state index in [1.807, 2.05) is 19.2 Å². The molecule has 3 aliphatic rings. The van der Waals surface area contributed by atoms with Crippen LogP contribution in [0.3, 0.4) is 0 Å². The van der Waals surface area contributed by atoms with Crippen LogP contribution in [0.25, 0.3) is 0 Å². The monoisotopic (exact) mass is 373 g/mol. The number of ether oxygens (including phenoxy) is 1. The van der Waals surface area contributed by atoms with Crippen molar-refractivity contribution in [3.63, 3.8) is 0 Å². The van der Waals surface area contributed by atoms with E-state index >= 15 is 0 Å². The molecule has 1 N–H and O–H groups in total. The van der Waals surface area contributed by atoms with Crippen LogP contribution < -0.4 is 5.32 Å². The van der Waals surface area contributed by atoms with Gasteiger partial charge in [0.1, 0.15) is 5.82 Å². The van der Waals surface area contributed by atoms with Crippen molar-refractivity contribution in [2.24, 2.45) is 10.4 Å². The predicted molar refractivity (Wildman–Crippen MR) is 107 cm³/mol. The van der Waals surface area contributed by atoms with Gasteiger partial charge in [-0.15, -0.1) is 0 Å². The first-order valence-corrected chi connectivity index (χ1v) is 10.4. The van der Waals surface area contributed by atoms with Crippen molar-refractivity contribution < 1.29 is 9.13 Å². The number of nitrogens with one attached hydrogen (secondary N) is 1. The van der Waals surface area contributed by atoms with Crippen molar-refractivity contribution in [1.82, 2.24) is 10.2 Å². The fourth-order valence-electron chi connectivity index (χ4n) is 5.36. The summed E-state index contributed by atoms with van der Waals surface area (Å²) in [5.41, 5.74) is 1.71. The van der Waals surface area contributed by atoms with Crippen molar-refractivity contribution in [2.75, 3.05) is 39.9 Å². The van der Waals surface area contributed by atoms with Crippen LogP contribution in [0.5, 0.6) is 0 Å². The van der Waals surface area contributed by atoms with Crippen LogP contribution in [0.2, 0.25) is 0 Å². The average molecular weight is 374 g/mol. The first kappa shape index (κ1) is 18.7. The normalized spacial score (nSPS) is 24.5. The second kappa shape index (κ2) is 7.78. The van der Waals surface area contributed by atoms with E-state index in [9.17, 15) is 4.39 Å². The SMILES string of the molecule is CN=C(NCC1(c2ccc(F)cc2)CCOCC1)N1CCC2(CCCC2)C1. The number of hydrogen-bond donors (Lipinski definition) is 1. The van der Waals surface area contributed by atoms with Gasteiger partial charge in [0.15, 0.2) is 5.96 Å². The number of halogens is 1. The van der Waals surface area contributed by atoms with Crippen LogP contribution in [0.4, 0.5) is 4.39 Å². The number of rotatable bonds is 3. The lowest BCUT2D eigenvalue weighted by Crippen LogP contribution is -2.49. The van der Waals surface area contributed by atoms with Gasteiger partial charge >= 0.3 is 0 Å². The molecule has 0 atom stereocenters. The van der Waals surface area contributed by atoms with Crippen molar-refractivity contribution in [3.8, 4) is 0 Å². The number of aliphatic imine (C=N–C) groups is 1. The van der Waals surface area contributed by atoms with Crippen LogP contribution in [0, 0.1) is 11.2 Å². The van der Waals surface area contributed by atoms with E-state index in [1.54, 1.807) is 12.1 Å². The van der Waals surface area contributed by atoms with Gasteiger partial charge in [0.05, 0.1) is 0 Å². The first-order valence-electron chi connectivity index (χ1n) is 10.4. The van der Waals surface area contributed by atoms with Crippen LogP contribution in [0.15, 0.2) is 29.3 Å². The Morgan fingerprint density at radius 1 is 1.11 bits per heavy atom. The quantitative estimate of drug-likeness (QED) is 0.648. The Kier molecular flexibility index (Phi) is 5.40. The van der Waals surface area contributed by atoms with Crippen molar-refractivity contribution in [2.45, 2.75) is 50.4 Å². The summed E-state index contributed by atoms with van der Waals surface area (Å²) in [6, 6.07) is 7.03. The first-order chi connectivity index (χ1) is 13.1. The molecule has 0 unspecified atom stereocenters. The lowest BCUT2D eigenvalue weighted by Gasteiger charge is -2.39. The molecular formula is C22H32FN3O. The highest BCUT2D eigenvalue weighted by atomic mass is 19.1. The van der Waals surface area contributed by atoms with Gasteiger partial charge in [-0.1, -0.05) is 25.0 Å². The Morgan fingerprint density at radius 3 is 2.48 bits per heavy atom. The smallest absolute Gasteiger partial charge is 0.193 e. The van der Waals surface area contributed by atoms with E-state index < -0.39 is 0 Å². The summed E-state index contributed by atoms with van der Waals surface area (Å²) in [4.78, 5) is 7.04. The van der Waals surface area contributed by atoms with Gasteiger partial charge in [0.2, 0.25) is 0 Å². The van der Waals surface area contributed by atoms with Gasteiger partial charge in [-0.3, -0.25) is 4.99 Å². The Balaban J connectivity index is 1.46. The Morgan fingerprint density at radius 2 is 1.81 bits per heavy atom. The number of benzene rings is 1. The van der Waals surface area contributed by atoms with Crippen LogP contribution in [-0.4, -0.2) is 50.8 Å². The highest BCUT2D eigenvalue weighted by molar-refractivity contribution is 5.80. The molecule has 0 bridgehead atoms. The summed E-state index contributed by atoms with van der Waals surface area (Å²) in [7, 11) is 1.89. The lowest BCUT2D eigenvalue weighted by atomic mass is 9.74. The third-order valence-electron chi connectivity index (χ3n) is 7.11. The molecule has 2 saturated heterocycles. The van der Waals surface area contributed by atoms with E-state index in [4.69, 9.17) is 4.74 Å². The topological polar surface area (TPSA) is 36.9 Å². The second-order valence-corrected chi connectivity index (χ2v) is 8.68. The molecule has 4 rings (SSSR count). The predicted octanol–water partition coefficient (Wildman–Crippen LogP) is 3.72. The molecule has 1 aromatic rings. The highest BCUT2D eigenvalue weighted by Crippen LogP contribution is 2.45. The Hall–Kier alpha value is -1.62. The zero-order chi connectivity index (χ0) is 18.7. The number of nitrogens with zero attached hydrogens (tertiary/aromatic N) is 2. The van der Waals surface area contributed by atoms with E-state index in [0.29, 0.717) is 5.41 Å². The summed E-state index contributed by atoms with van der Waals surface area (Å²) in [5, 5.41) is 3.67. The second-order valence-electron chi connectivity index (χ2n) is 8.68. The maximum Gasteiger partial charge on any atom is 0.193 e. The standard InChI is InChI=1S/C22H32FN3O/c1-24-20(26-13-10-21(17-26)8-2-3-9-21)25-16-22(11-14-27-15-12-22)18-4-6-19(23)7-5-18/h4-7H,2-3,8-17H2,1H3,(H,24,25). The third-order valence-corrected chi connectivity index (χ3v) is 7.11. The number of hydrogen-bond acceptors (Lipinski definition) is 2. The van der Waals surface area contributed by atoms with Gasteiger partial charge < -0.3 is 15.0 Å². The molecule has 0 aromatic heterocycles. The summed E-state index contributed by atoms with van der Waals surface area (Å²) in [6.07, 6.45) is 8.71. The molecule has 0 amide bonds. The molecule has 1 spiro atoms. The van der Waals surface area contributed by atoms with Crippen LogP contribution >= 0.6 is 0 Å². The van der Waals surface area contributed by atoms with E-state index in [-0.39, 0.29) is 11.2 Å². The lowest BCUT2D eigenvalue weighted by molar-refractivity contribution is 0.0511. The van der Waals surface area contributed by atoms with Gasteiger partial charge in [0, 0.05) is 45.3 Å². The van der Waals surface area contributed by atoms with E-state index in [1.165, 1.54) is 37.7 Å². The van der Waals surface area contributed by atoms with Crippen molar-refractivity contribution in [3.05, 3.63) is 35.6 Å². The van der Waals surface area contributed by atoms with Crippen molar-refractivity contribution >= 4 is 5.96 Å². The molecule has 0 radical (unpaired) electrons. The fraction of sp³-hybridized carbons (Fsp3) is 0.682. The maximum atomic E-state index is 13.4. The van der Waals surface area contributed by atoms with Crippen molar-refractivity contribution in [1.29, 1.82) is 0 Å². The minimum absolute atomic E-state index is 0.0212. The van der Waals surface area contributed by atoms with Crippen LogP contribution in [-0.2, 0) is 10.2 Å². The molecule has 1 aromatic carbocycles. The molecule has 1 saturated carbocycles. The highest BCUT2D eigenvalue weighted by Gasteiger charge is 2.41. The molecule has 2 aliphatic heterocycles. The fourth-order valence-corrected chi connectivity index (χ4v) is 5.36. The summed E-state index contributed by atoms with van der Waals surface area (Å²) in [6.45, 7) is 4.57. The van der Waals surface area contributed by atoms with Crippen LogP contribution in [0.1, 0.15) is 50.5 Å². The maximum absolute atomic E-state index is 13.4. The molecule has 4 nitrogen and oxygen atoms in total. The minimum atomic E-state index is -0.177. The summed E-state index contributed by atoms with van der Waals surface area (Å²) < 4.78 is 19.1. The summed E-state index contributed by atoms with van der Waals surface area (Å²) in [5.74, 6) is 0.843. The molecule has 5 heteroatoms. The Bertz CT molecular complexity index is 661. The average Bonchev–Trinajstić information content (AvgIpc) is 3.34. The third kappa shape index (κ3) is 3.84. The number of likely N-dealkylation sites (tertiary alicyclic amines) is 1. The number of guanidine groups is 1. The zero-order valence-corrected chi connectivity index (χ0v) is 16.5. The molecular weight excluding hydrogens is 341 g/mol.